The van der Waals surface area contributed by atoms with Crippen LogP contribution in [0.1, 0.15) is 49.7 Å². The Bertz CT molecular complexity index is 607. The molecule has 26 heavy (non-hydrogen) atoms. The van der Waals surface area contributed by atoms with Gasteiger partial charge in [-0.05, 0) is 70.7 Å². The lowest BCUT2D eigenvalue weighted by atomic mass is 10.1. The summed E-state index contributed by atoms with van der Waals surface area (Å²) in [6, 6.07) is 1.79. The molecule has 1 aromatic rings. The summed E-state index contributed by atoms with van der Waals surface area (Å²) in [5, 5.41) is 6.03. The molecule has 3 rings (SSSR count). The predicted octanol–water partition coefficient (Wildman–Crippen LogP) is 2.34. The van der Waals surface area contributed by atoms with E-state index < -0.39 is 5.60 Å². The van der Waals surface area contributed by atoms with Crippen LogP contribution in [0.2, 0.25) is 0 Å². The number of fused-ring (bicyclic) bond motifs is 1. The van der Waals surface area contributed by atoms with Gasteiger partial charge in [-0.15, -0.1) is 0 Å². The van der Waals surface area contributed by atoms with Crippen molar-refractivity contribution in [1.29, 1.82) is 0 Å². The molecule has 1 fully saturated rings. The minimum atomic E-state index is -0.405. The van der Waals surface area contributed by atoms with Gasteiger partial charge in [-0.3, -0.25) is 4.79 Å². The molecule has 7 nitrogen and oxygen atoms in total. The van der Waals surface area contributed by atoms with Gasteiger partial charge in [0.25, 0.3) is 0 Å². The molecular formula is C19H29N3O4. The summed E-state index contributed by atoms with van der Waals surface area (Å²) >= 11 is 0. The lowest BCUT2D eigenvalue weighted by molar-refractivity contribution is 0.0520. The monoisotopic (exact) mass is 363 g/mol. The van der Waals surface area contributed by atoms with Crippen LogP contribution in [-0.2, 0) is 11.2 Å². The smallest absolute Gasteiger partial charge is 0.407 e. The van der Waals surface area contributed by atoms with E-state index >= 15 is 0 Å². The molecule has 7 heteroatoms. The predicted molar refractivity (Wildman–Crippen MR) is 98.7 cm³/mol. The fourth-order valence-corrected chi connectivity index (χ4v) is 2.77. The van der Waals surface area contributed by atoms with E-state index in [1.165, 1.54) is 0 Å². The fourth-order valence-electron chi connectivity index (χ4n) is 2.77. The number of aryl methyl sites for hydroxylation is 1. The average Bonchev–Trinajstić information content (AvgIpc) is 3.12. The summed E-state index contributed by atoms with van der Waals surface area (Å²) in [6.07, 6.45) is 5.21. The Morgan fingerprint density at radius 2 is 2.31 bits per heavy atom. The second-order valence-corrected chi connectivity index (χ2v) is 7.53. The molecule has 0 bridgehead atoms. The fraction of sp³-hybridized carbons (Fsp3) is 0.632. The van der Waals surface area contributed by atoms with Gasteiger partial charge in [-0.25, -0.2) is 9.78 Å². The number of aromatic nitrogens is 1. The highest BCUT2D eigenvalue weighted by atomic mass is 16.6. The third kappa shape index (κ3) is 7.00. The number of aldehydes is 1. The van der Waals surface area contributed by atoms with E-state index in [2.05, 4.69) is 15.6 Å². The van der Waals surface area contributed by atoms with Gasteiger partial charge in [0.15, 0.2) is 6.29 Å². The van der Waals surface area contributed by atoms with Crippen LogP contribution in [0.4, 0.5) is 4.79 Å². The Balaban J connectivity index is 0.000000189. The van der Waals surface area contributed by atoms with Crippen LogP contribution in [0.5, 0.6) is 5.75 Å². The van der Waals surface area contributed by atoms with Gasteiger partial charge >= 0.3 is 6.09 Å². The summed E-state index contributed by atoms with van der Waals surface area (Å²) in [6.45, 7) is 9.12. The quantitative estimate of drug-likeness (QED) is 0.801. The highest BCUT2D eigenvalue weighted by Crippen LogP contribution is 2.23. The number of carbonyl (C=O) groups is 2. The molecule has 1 amide bonds. The van der Waals surface area contributed by atoms with Crippen molar-refractivity contribution < 1.29 is 19.1 Å². The Labute approximate surface area is 154 Å². The Kier molecular flexibility index (Phi) is 7.38. The first-order valence-electron chi connectivity index (χ1n) is 9.12. The van der Waals surface area contributed by atoms with Gasteiger partial charge in [0.2, 0.25) is 0 Å². The highest BCUT2D eigenvalue weighted by molar-refractivity contribution is 5.72. The van der Waals surface area contributed by atoms with Gasteiger partial charge in [0, 0.05) is 6.54 Å². The first kappa shape index (κ1) is 20.2. The van der Waals surface area contributed by atoms with Gasteiger partial charge in [-0.1, -0.05) is 0 Å². The molecule has 0 radical (unpaired) electrons. The first-order chi connectivity index (χ1) is 12.4. The maximum Gasteiger partial charge on any atom is 0.407 e. The number of carbonyl (C=O) groups excluding carboxylic acids is 2. The number of amides is 1. The van der Waals surface area contributed by atoms with Crippen LogP contribution in [0.15, 0.2) is 12.3 Å². The zero-order valence-corrected chi connectivity index (χ0v) is 15.8. The van der Waals surface area contributed by atoms with Crippen LogP contribution >= 0.6 is 0 Å². The summed E-state index contributed by atoms with van der Waals surface area (Å²) in [7, 11) is 0. The second kappa shape index (κ2) is 9.52. The maximum absolute atomic E-state index is 11.3. The lowest BCUT2D eigenvalue weighted by Gasteiger charge is -2.20. The van der Waals surface area contributed by atoms with Crippen molar-refractivity contribution in [3.05, 3.63) is 23.5 Å². The summed E-state index contributed by atoms with van der Waals surface area (Å²) in [4.78, 5) is 25.6. The standard InChI is InChI=1S/C10H20N2O2.C9H9NO2/c1-10(2,3)14-9(13)12-7-8-4-5-11-6-8;11-6-8-4-7-2-1-3-12-9(7)5-10-8/h8,11H,4-7H2,1-3H3,(H,12,13);4-6H,1-3H2/t8-;/m0./s1. The van der Waals surface area contributed by atoms with E-state index in [0.29, 0.717) is 18.2 Å². The molecule has 1 saturated heterocycles. The number of pyridine rings is 1. The van der Waals surface area contributed by atoms with Crippen molar-refractivity contribution in [3.63, 3.8) is 0 Å². The number of hydrogen-bond acceptors (Lipinski definition) is 6. The molecule has 1 atom stereocenters. The number of nitrogens with one attached hydrogen (secondary N) is 2. The molecule has 1 aromatic heterocycles. The summed E-state index contributed by atoms with van der Waals surface area (Å²) in [5.41, 5.74) is 1.18. The molecular weight excluding hydrogens is 334 g/mol. The molecule has 0 saturated carbocycles. The van der Waals surface area contributed by atoms with Crippen LogP contribution in [0.25, 0.3) is 0 Å². The van der Waals surface area contributed by atoms with Crippen LogP contribution < -0.4 is 15.4 Å². The highest BCUT2D eigenvalue weighted by Gasteiger charge is 2.19. The number of hydrogen-bond donors (Lipinski definition) is 2. The molecule has 0 aliphatic carbocycles. The minimum Gasteiger partial charge on any atom is -0.492 e. The number of alkyl carbamates (subject to hydrolysis) is 1. The molecule has 0 spiro atoms. The third-order valence-corrected chi connectivity index (χ3v) is 4.03. The molecule has 144 valence electrons. The van der Waals surface area contributed by atoms with Gasteiger partial charge < -0.3 is 20.1 Å². The zero-order chi connectivity index (χ0) is 19.0. The van der Waals surface area contributed by atoms with E-state index in [-0.39, 0.29) is 6.09 Å². The molecule has 2 aliphatic heterocycles. The SMILES string of the molecule is CC(C)(C)OC(=O)NC[C@H]1CCNC1.O=Cc1cc2c(cn1)OCCC2. The van der Waals surface area contributed by atoms with Crippen LogP contribution in [0, 0.1) is 5.92 Å². The second-order valence-electron chi connectivity index (χ2n) is 7.53. The van der Waals surface area contributed by atoms with E-state index in [4.69, 9.17) is 9.47 Å². The van der Waals surface area contributed by atoms with Crippen LogP contribution in [-0.4, -0.2) is 49.2 Å². The van der Waals surface area contributed by atoms with Gasteiger partial charge in [0.1, 0.15) is 17.0 Å². The average molecular weight is 363 g/mol. The topological polar surface area (TPSA) is 89.6 Å². The first-order valence-corrected chi connectivity index (χ1v) is 9.12. The van der Waals surface area contributed by atoms with Crippen molar-refractivity contribution in [1.82, 2.24) is 15.6 Å². The maximum atomic E-state index is 11.3. The Hall–Kier alpha value is -2.15. The molecule has 2 N–H and O–H groups in total. The molecule has 2 aliphatic rings. The van der Waals surface area contributed by atoms with E-state index in [9.17, 15) is 9.59 Å². The van der Waals surface area contributed by atoms with Crippen molar-refractivity contribution in [2.75, 3.05) is 26.2 Å². The van der Waals surface area contributed by atoms with Crippen LogP contribution in [0.3, 0.4) is 0 Å². The number of ether oxygens (including phenoxy) is 2. The van der Waals surface area contributed by atoms with Crippen molar-refractivity contribution in [2.24, 2.45) is 5.92 Å². The third-order valence-electron chi connectivity index (χ3n) is 4.03. The van der Waals surface area contributed by atoms with Crippen molar-refractivity contribution in [3.8, 4) is 5.75 Å². The molecule has 0 unspecified atom stereocenters. The largest absolute Gasteiger partial charge is 0.492 e. The number of rotatable bonds is 3. The normalized spacial score (nSPS) is 18.7. The minimum absolute atomic E-state index is 0.315. The zero-order valence-electron chi connectivity index (χ0n) is 15.8. The van der Waals surface area contributed by atoms with Crippen molar-refractivity contribution in [2.45, 2.75) is 45.6 Å². The van der Waals surface area contributed by atoms with E-state index in [1.807, 2.05) is 20.8 Å². The van der Waals surface area contributed by atoms with Gasteiger partial charge in [0.05, 0.1) is 12.8 Å². The number of nitrogens with zero attached hydrogens (tertiary/aromatic N) is 1. The van der Waals surface area contributed by atoms with Gasteiger partial charge in [-0.2, -0.15) is 0 Å². The lowest BCUT2D eigenvalue weighted by Crippen LogP contribution is -2.35. The van der Waals surface area contributed by atoms with E-state index in [1.54, 1.807) is 12.3 Å². The Morgan fingerprint density at radius 3 is 2.96 bits per heavy atom. The molecule has 3 heterocycles. The molecule has 0 aromatic carbocycles. The van der Waals surface area contributed by atoms with E-state index in [0.717, 1.165) is 56.6 Å². The summed E-state index contributed by atoms with van der Waals surface area (Å²) in [5.74, 6) is 1.38. The summed E-state index contributed by atoms with van der Waals surface area (Å²) < 4.78 is 10.5. The van der Waals surface area contributed by atoms with Crippen molar-refractivity contribution >= 4 is 12.4 Å². The Morgan fingerprint density at radius 1 is 1.50 bits per heavy atom.